The summed E-state index contributed by atoms with van der Waals surface area (Å²) in [6.45, 7) is 4.59. The number of carbonyl (C=O) groups is 1. The van der Waals surface area contributed by atoms with Crippen molar-refractivity contribution < 1.29 is 13.2 Å². The highest BCUT2D eigenvalue weighted by molar-refractivity contribution is 7.99. The first kappa shape index (κ1) is 20.0. The van der Waals surface area contributed by atoms with Crippen molar-refractivity contribution in [2.75, 3.05) is 31.6 Å². The molecule has 0 saturated heterocycles. The average molecular weight is 359 g/mol. The van der Waals surface area contributed by atoms with E-state index in [0.29, 0.717) is 25.3 Å². The Labute approximate surface area is 143 Å². The molecule has 5 nitrogen and oxygen atoms in total. The van der Waals surface area contributed by atoms with Gasteiger partial charge in [-0.1, -0.05) is 29.8 Å². The van der Waals surface area contributed by atoms with Crippen LogP contribution in [0, 0.1) is 6.92 Å². The number of thioether (sulfide) groups is 1. The molecule has 130 valence electrons. The molecule has 0 atom stereocenters. The predicted molar refractivity (Wildman–Crippen MR) is 97.1 cm³/mol. The Balaban J connectivity index is 2.15. The maximum atomic E-state index is 11.7. The fourth-order valence-electron chi connectivity index (χ4n) is 2.00. The quantitative estimate of drug-likeness (QED) is 0.650. The van der Waals surface area contributed by atoms with Crippen LogP contribution in [0.25, 0.3) is 0 Å². The molecule has 0 aliphatic rings. The number of sulfonamides is 1. The average Bonchev–Trinajstić information content (AvgIpc) is 2.51. The second-order valence-electron chi connectivity index (χ2n) is 5.41. The van der Waals surface area contributed by atoms with Crippen LogP contribution in [0.2, 0.25) is 0 Å². The molecule has 1 N–H and O–H groups in total. The van der Waals surface area contributed by atoms with Crippen LogP contribution in [0.1, 0.15) is 24.5 Å². The van der Waals surface area contributed by atoms with Gasteiger partial charge in [0, 0.05) is 25.9 Å². The van der Waals surface area contributed by atoms with Gasteiger partial charge >= 0.3 is 0 Å². The van der Waals surface area contributed by atoms with E-state index in [9.17, 15) is 13.2 Å². The maximum absolute atomic E-state index is 11.7. The van der Waals surface area contributed by atoms with Gasteiger partial charge in [-0.25, -0.2) is 12.7 Å². The number of hydrogen-bond donors (Lipinski definition) is 1. The molecule has 0 heterocycles. The van der Waals surface area contributed by atoms with Crippen molar-refractivity contribution in [1.82, 2.24) is 9.62 Å². The van der Waals surface area contributed by atoms with Gasteiger partial charge in [0.25, 0.3) is 0 Å². The lowest BCUT2D eigenvalue weighted by Gasteiger charge is -2.15. The van der Waals surface area contributed by atoms with Crippen molar-refractivity contribution in [3.8, 4) is 0 Å². The molecule has 7 heteroatoms. The van der Waals surface area contributed by atoms with Crippen LogP contribution < -0.4 is 5.32 Å². The largest absolute Gasteiger partial charge is 0.355 e. The maximum Gasteiger partial charge on any atom is 0.230 e. The lowest BCUT2D eigenvalue weighted by Crippen LogP contribution is -2.32. The standard InChI is InChI=1S/C16H26N2O3S2/c1-4-23(20,21)18(3)10-6-9-17-16(19)13-22-12-15-8-5-7-14(2)11-15/h5,7-8,11H,4,6,9-10,12-13H2,1-3H3,(H,17,19). The normalized spacial score (nSPS) is 11.7. The summed E-state index contributed by atoms with van der Waals surface area (Å²) in [5, 5.41) is 2.82. The van der Waals surface area contributed by atoms with Gasteiger partial charge < -0.3 is 5.32 Å². The van der Waals surface area contributed by atoms with E-state index in [0.717, 1.165) is 5.75 Å². The summed E-state index contributed by atoms with van der Waals surface area (Å²) < 4.78 is 24.5. The molecular formula is C16H26N2O3S2. The van der Waals surface area contributed by atoms with Crippen LogP contribution in [0.4, 0.5) is 0 Å². The van der Waals surface area contributed by atoms with Crippen molar-refractivity contribution in [3.05, 3.63) is 35.4 Å². The molecule has 0 radical (unpaired) electrons. The second kappa shape index (κ2) is 9.95. The Morgan fingerprint density at radius 1 is 1.35 bits per heavy atom. The van der Waals surface area contributed by atoms with Crippen LogP contribution in [-0.2, 0) is 20.6 Å². The molecule has 0 bridgehead atoms. The number of benzene rings is 1. The molecule has 1 aromatic rings. The molecule has 0 aromatic heterocycles. The molecule has 1 rings (SSSR count). The van der Waals surface area contributed by atoms with Crippen molar-refractivity contribution in [2.45, 2.75) is 26.0 Å². The van der Waals surface area contributed by atoms with E-state index in [1.165, 1.54) is 15.4 Å². The fourth-order valence-corrected chi connectivity index (χ4v) is 3.66. The summed E-state index contributed by atoms with van der Waals surface area (Å²) in [5.41, 5.74) is 2.44. The number of amides is 1. The summed E-state index contributed by atoms with van der Waals surface area (Å²) in [4.78, 5) is 11.7. The molecule has 0 aliphatic heterocycles. The zero-order valence-electron chi connectivity index (χ0n) is 14.0. The van der Waals surface area contributed by atoms with Gasteiger partial charge in [0.2, 0.25) is 15.9 Å². The van der Waals surface area contributed by atoms with E-state index in [-0.39, 0.29) is 11.7 Å². The van der Waals surface area contributed by atoms with E-state index >= 15 is 0 Å². The van der Waals surface area contributed by atoms with E-state index < -0.39 is 10.0 Å². The summed E-state index contributed by atoms with van der Waals surface area (Å²) in [6.07, 6.45) is 0.615. The van der Waals surface area contributed by atoms with Crippen molar-refractivity contribution in [3.63, 3.8) is 0 Å². The molecule has 0 aliphatic carbocycles. The Hall–Kier alpha value is -1.05. The molecule has 0 spiro atoms. The van der Waals surface area contributed by atoms with E-state index in [1.54, 1.807) is 25.7 Å². The Morgan fingerprint density at radius 2 is 2.09 bits per heavy atom. The zero-order valence-corrected chi connectivity index (χ0v) is 15.7. The van der Waals surface area contributed by atoms with Crippen LogP contribution in [0.15, 0.2) is 24.3 Å². The second-order valence-corrected chi connectivity index (χ2v) is 8.76. The smallest absolute Gasteiger partial charge is 0.230 e. The Morgan fingerprint density at radius 3 is 2.74 bits per heavy atom. The number of hydrogen-bond acceptors (Lipinski definition) is 4. The lowest BCUT2D eigenvalue weighted by molar-refractivity contribution is -0.118. The monoisotopic (exact) mass is 358 g/mol. The van der Waals surface area contributed by atoms with Gasteiger partial charge in [0.05, 0.1) is 11.5 Å². The highest BCUT2D eigenvalue weighted by atomic mass is 32.2. The topological polar surface area (TPSA) is 66.5 Å². The van der Waals surface area contributed by atoms with E-state index in [1.807, 2.05) is 6.07 Å². The molecule has 1 aromatic carbocycles. The summed E-state index contributed by atoms with van der Waals surface area (Å²) >= 11 is 1.58. The summed E-state index contributed by atoms with van der Waals surface area (Å²) in [6, 6.07) is 8.25. The molecule has 0 fully saturated rings. The van der Waals surface area contributed by atoms with Crippen molar-refractivity contribution in [2.24, 2.45) is 0 Å². The minimum absolute atomic E-state index is 0.0105. The minimum Gasteiger partial charge on any atom is -0.355 e. The third-order valence-corrected chi connectivity index (χ3v) is 6.26. The fraction of sp³-hybridized carbons (Fsp3) is 0.562. The third-order valence-electron chi connectivity index (χ3n) is 3.40. The molecule has 1 amide bonds. The van der Waals surface area contributed by atoms with Crippen LogP contribution >= 0.6 is 11.8 Å². The van der Waals surface area contributed by atoms with Crippen LogP contribution in [-0.4, -0.2) is 50.3 Å². The molecule has 0 saturated carbocycles. The SMILES string of the molecule is CCS(=O)(=O)N(C)CCCNC(=O)CSCc1cccc(C)c1. The van der Waals surface area contributed by atoms with Gasteiger partial charge in [-0.15, -0.1) is 11.8 Å². The van der Waals surface area contributed by atoms with Gasteiger partial charge in [-0.2, -0.15) is 0 Å². The van der Waals surface area contributed by atoms with E-state index in [2.05, 4.69) is 30.4 Å². The first-order valence-corrected chi connectivity index (χ1v) is 10.5. The Kier molecular flexibility index (Phi) is 8.65. The van der Waals surface area contributed by atoms with Crippen molar-refractivity contribution >= 4 is 27.7 Å². The summed E-state index contributed by atoms with van der Waals surface area (Å²) in [5.74, 6) is 1.32. The van der Waals surface area contributed by atoms with Crippen LogP contribution in [0.3, 0.4) is 0 Å². The molecule has 0 unspecified atom stereocenters. The summed E-state index contributed by atoms with van der Waals surface area (Å²) in [7, 11) is -1.56. The van der Waals surface area contributed by atoms with Gasteiger partial charge in [-0.3, -0.25) is 4.79 Å². The zero-order chi connectivity index (χ0) is 17.3. The number of nitrogens with zero attached hydrogens (tertiary/aromatic N) is 1. The predicted octanol–water partition coefficient (Wildman–Crippen LogP) is 2.02. The number of carbonyl (C=O) groups excluding carboxylic acids is 1. The Bertz CT molecular complexity index is 603. The van der Waals surface area contributed by atoms with Gasteiger partial charge in [-0.05, 0) is 25.8 Å². The van der Waals surface area contributed by atoms with Gasteiger partial charge in [0.1, 0.15) is 0 Å². The van der Waals surface area contributed by atoms with Crippen LogP contribution in [0.5, 0.6) is 0 Å². The van der Waals surface area contributed by atoms with Gasteiger partial charge in [0.15, 0.2) is 0 Å². The molecule has 23 heavy (non-hydrogen) atoms. The highest BCUT2D eigenvalue weighted by Gasteiger charge is 2.14. The minimum atomic E-state index is -3.13. The third kappa shape index (κ3) is 7.85. The molecular weight excluding hydrogens is 332 g/mol. The van der Waals surface area contributed by atoms with E-state index in [4.69, 9.17) is 0 Å². The number of aryl methyl sites for hydroxylation is 1. The number of rotatable bonds is 10. The first-order chi connectivity index (χ1) is 10.8. The lowest BCUT2D eigenvalue weighted by atomic mass is 10.2. The van der Waals surface area contributed by atoms with Crippen molar-refractivity contribution in [1.29, 1.82) is 0 Å². The first-order valence-electron chi connectivity index (χ1n) is 7.69. The highest BCUT2D eigenvalue weighted by Crippen LogP contribution is 2.13. The number of nitrogens with one attached hydrogen (secondary N) is 1.